The number of carboxylic acids is 2. The second-order valence-electron chi connectivity index (χ2n) is 10.4. The van der Waals surface area contributed by atoms with Crippen molar-refractivity contribution in [2.45, 2.75) is 57.4 Å². The molecule has 0 aliphatic heterocycles. The van der Waals surface area contributed by atoms with E-state index in [0.29, 0.717) is 16.0 Å². The fourth-order valence-corrected chi connectivity index (χ4v) is 5.54. The van der Waals surface area contributed by atoms with Crippen LogP contribution in [0.4, 0.5) is 4.39 Å². The van der Waals surface area contributed by atoms with Crippen LogP contribution in [0.2, 0.25) is 0 Å². The fraction of sp³-hybridized carbons (Fsp3) is 0.452. The molecule has 8 nitrogen and oxygen atoms in total. The number of hydrogen-bond donors (Lipinski definition) is 3. The topological polar surface area (TPSA) is 138 Å². The molecule has 0 aromatic heterocycles. The summed E-state index contributed by atoms with van der Waals surface area (Å²) < 4.78 is 36.2. The van der Waals surface area contributed by atoms with Crippen molar-refractivity contribution in [2.75, 3.05) is 24.9 Å². The Bertz CT molecular complexity index is 1270. The summed E-state index contributed by atoms with van der Waals surface area (Å²) in [6, 6.07) is 5.78. The zero-order chi connectivity index (χ0) is 32.0. The Balaban J connectivity index is 3.68. The number of hydrogen-bond acceptors (Lipinski definition) is 5. The van der Waals surface area contributed by atoms with E-state index in [0.717, 1.165) is 11.1 Å². The second kappa shape index (κ2) is 17.7. The van der Waals surface area contributed by atoms with Crippen molar-refractivity contribution in [3.8, 4) is 0 Å². The predicted molar refractivity (Wildman–Crippen MR) is 167 cm³/mol. The molecule has 0 radical (unpaired) electrons. The Hall–Kier alpha value is -3.18. The molecule has 1 aromatic carbocycles. The maximum Gasteiger partial charge on any atom is 0.326 e. The van der Waals surface area contributed by atoms with Gasteiger partial charge < -0.3 is 15.5 Å². The number of allylic oxidation sites excluding steroid dienone is 5. The third-order valence-electron chi connectivity index (χ3n) is 6.71. The molecule has 11 heteroatoms. The van der Waals surface area contributed by atoms with Crippen LogP contribution in [0.3, 0.4) is 0 Å². The molecule has 0 spiro atoms. The molecule has 42 heavy (non-hydrogen) atoms. The SMILES string of the molecule is C=CC/C(=C(C)\C(=C\c1ccc(S(C)=O)cc1)C(C)(C)/C=C\CCF)C(CC(=O)NC(CCS(C)=O)C(=O)O)C(=O)O. The molecule has 0 saturated heterocycles. The quantitative estimate of drug-likeness (QED) is 0.153. The van der Waals surface area contributed by atoms with E-state index < -0.39 is 69.9 Å². The van der Waals surface area contributed by atoms with Gasteiger partial charge in [0.05, 0.1) is 12.6 Å². The number of carbonyl (C=O) groups is 3. The van der Waals surface area contributed by atoms with Crippen LogP contribution in [-0.2, 0) is 36.0 Å². The van der Waals surface area contributed by atoms with Gasteiger partial charge in [-0.15, -0.1) is 6.58 Å². The average Bonchev–Trinajstić information content (AvgIpc) is 2.91. The van der Waals surface area contributed by atoms with E-state index in [9.17, 15) is 37.4 Å². The van der Waals surface area contributed by atoms with Gasteiger partial charge in [0.1, 0.15) is 6.04 Å². The Morgan fingerprint density at radius 2 is 1.71 bits per heavy atom. The van der Waals surface area contributed by atoms with Crippen molar-refractivity contribution in [3.05, 3.63) is 71.4 Å². The van der Waals surface area contributed by atoms with Gasteiger partial charge in [-0.1, -0.05) is 50.3 Å². The van der Waals surface area contributed by atoms with E-state index in [1.54, 1.807) is 43.5 Å². The smallest absolute Gasteiger partial charge is 0.326 e. The number of alkyl halides is 1. The molecule has 0 aliphatic carbocycles. The molecule has 4 atom stereocenters. The first-order chi connectivity index (χ1) is 19.6. The summed E-state index contributed by atoms with van der Waals surface area (Å²) in [7, 11) is -2.43. The van der Waals surface area contributed by atoms with E-state index in [-0.39, 0.29) is 25.0 Å². The van der Waals surface area contributed by atoms with Gasteiger partial charge in [0.15, 0.2) is 0 Å². The van der Waals surface area contributed by atoms with Gasteiger partial charge in [0, 0.05) is 56.6 Å². The minimum absolute atomic E-state index is 0.0625. The van der Waals surface area contributed by atoms with E-state index in [1.165, 1.54) is 12.3 Å². The van der Waals surface area contributed by atoms with Gasteiger partial charge in [-0.05, 0) is 60.6 Å². The Kier molecular flexibility index (Phi) is 15.5. The van der Waals surface area contributed by atoms with Gasteiger partial charge in [0.25, 0.3) is 0 Å². The fourth-order valence-electron chi connectivity index (χ4n) is 4.46. The third kappa shape index (κ3) is 12.0. The lowest BCUT2D eigenvalue weighted by Gasteiger charge is -2.29. The summed E-state index contributed by atoms with van der Waals surface area (Å²) in [6.45, 7) is 8.83. The largest absolute Gasteiger partial charge is 0.481 e. The molecule has 0 saturated carbocycles. The first-order valence-electron chi connectivity index (χ1n) is 13.4. The van der Waals surface area contributed by atoms with Crippen molar-refractivity contribution in [3.63, 3.8) is 0 Å². The van der Waals surface area contributed by atoms with Gasteiger partial charge in [-0.2, -0.15) is 0 Å². The molecule has 1 amide bonds. The molecule has 3 N–H and O–H groups in total. The standard InChI is InChI=1S/C31H42FNO7S2/c1-7-10-24(25(29(35)36)20-28(34)33-27(30(37)38)15-18-41(5)39)21(2)26(31(3,4)16-8-9-17-32)19-22-11-13-23(14-12-22)42(6)40/h7-8,11-14,16,19,25,27H,1,9-10,15,17-18,20H2,2-6H3,(H,33,34)(H,35,36)(H,37,38)/b16-8-,24-21+,26-19-. The van der Waals surface area contributed by atoms with Gasteiger partial charge in [0.2, 0.25) is 5.91 Å². The average molecular weight is 624 g/mol. The number of amides is 1. The first kappa shape index (κ1) is 36.8. The number of aliphatic carboxylic acids is 2. The van der Waals surface area contributed by atoms with Crippen molar-refractivity contribution in [2.24, 2.45) is 11.3 Å². The highest BCUT2D eigenvalue weighted by molar-refractivity contribution is 7.84. The van der Waals surface area contributed by atoms with Crippen molar-refractivity contribution in [1.29, 1.82) is 0 Å². The number of rotatable bonds is 18. The molecular formula is C31H42FNO7S2. The first-order valence-corrected chi connectivity index (χ1v) is 16.7. The van der Waals surface area contributed by atoms with Crippen LogP contribution in [0, 0.1) is 11.3 Å². The minimum atomic E-state index is -1.31. The van der Waals surface area contributed by atoms with Gasteiger partial charge in [-0.3, -0.25) is 22.4 Å². The normalized spacial score (nSPS) is 15.8. The van der Waals surface area contributed by atoms with Crippen molar-refractivity contribution < 1.29 is 37.4 Å². The number of nitrogens with one attached hydrogen (secondary N) is 1. The maximum absolute atomic E-state index is 12.9. The van der Waals surface area contributed by atoms with E-state index in [2.05, 4.69) is 11.9 Å². The zero-order valence-electron chi connectivity index (χ0n) is 24.9. The highest BCUT2D eigenvalue weighted by atomic mass is 32.2. The van der Waals surface area contributed by atoms with Crippen LogP contribution in [0.25, 0.3) is 6.08 Å². The highest BCUT2D eigenvalue weighted by Crippen LogP contribution is 2.39. The number of carboxylic acid groups (broad SMARTS) is 2. The Morgan fingerprint density at radius 1 is 1.10 bits per heavy atom. The van der Waals surface area contributed by atoms with Gasteiger partial charge in [-0.25, -0.2) is 4.79 Å². The number of carbonyl (C=O) groups excluding carboxylic acids is 1. The molecule has 1 rings (SSSR count). The summed E-state index contributed by atoms with van der Waals surface area (Å²) in [5, 5.41) is 22.1. The van der Waals surface area contributed by atoms with Crippen LogP contribution in [-0.4, -0.2) is 67.5 Å². The third-order valence-corrected chi connectivity index (χ3v) is 8.46. The van der Waals surface area contributed by atoms with Crippen molar-refractivity contribution in [1.82, 2.24) is 5.32 Å². The molecule has 0 heterocycles. The Morgan fingerprint density at radius 3 is 2.19 bits per heavy atom. The van der Waals surface area contributed by atoms with E-state index in [4.69, 9.17) is 0 Å². The summed E-state index contributed by atoms with van der Waals surface area (Å²) in [5.41, 5.74) is 1.82. The molecular weight excluding hydrogens is 581 g/mol. The monoisotopic (exact) mass is 623 g/mol. The maximum atomic E-state index is 12.9. The molecule has 0 aliphatic rings. The second-order valence-corrected chi connectivity index (χ2v) is 13.4. The van der Waals surface area contributed by atoms with Crippen LogP contribution < -0.4 is 5.32 Å². The van der Waals surface area contributed by atoms with Crippen LogP contribution in [0.15, 0.2) is 70.7 Å². The number of halogens is 1. The van der Waals surface area contributed by atoms with Crippen molar-refractivity contribution >= 4 is 45.5 Å². The van der Waals surface area contributed by atoms with Gasteiger partial charge >= 0.3 is 11.9 Å². The van der Waals surface area contributed by atoms with Crippen LogP contribution in [0.1, 0.15) is 52.0 Å². The molecule has 232 valence electrons. The summed E-state index contributed by atoms with van der Waals surface area (Å²) in [5.74, 6) is -4.56. The van der Waals surface area contributed by atoms with E-state index >= 15 is 0 Å². The minimum Gasteiger partial charge on any atom is -0.481 e. The summed E-state index contributed by atoms with van der Waals surface area (Å²) >= 11 is 0. The Labute approximate surface area is 252 Å². The molecule has 4 unspecified atom stereocenters. The van der Waals surface area contributed by atoms with Crippen LogP contribution >= 0.6 is 0 Å². The lowest BCUT2D eigenvalue weighted by atomic mass is 9.75. The molecule has 0 fully saturated rings. The van der Waals surface area contributed by atoms with E-state index in [1.807, 2.05) is 26.0 Å². The number of benzene rings is 1. The molecule has 1 aromatic rings. The molecule has 0 bridgehead atoms. The lowest BCUT2D eigenvalue weighted by molar-refractivity contribution is -0.144. The summed E-state index contributed by atoms with van der Waals surface area (Å²) in [6.07, 6.45) is 9.76. The zero-order valence-corrected chi connectivity index (χ0v) is 26.5. The lowest BCUT2D eigenvalue weighted by Crippen LogP contribution is -2.42. The summed E-state index contributed by atoms with van der Waals surface area (Å²) in [4.78, 5) is 37.7. The predicted octanol–water partition coefficient (Wildman–Crippen LogP) is 5.07. The van der Waals surface area contributed by atoms with Crippen LogP contribution in [0.5, 0.6) is 0 Å². The highest BCUT2D eigenvalue weighted by Gasteiger charge is 2.31.